The van der Waals surface area contributed by atoms with E-state index in [9.17, 15) is 14.0 Å². The van der Waals surface area contributed by atoms with Crippen molar-refractivity contribution in [2.75, 3.05) is 20.8 Å². The van der Waals surface area contributed by atoms with E-state index in [1.54, 1.807) is 24.3 Å². The van der Waals surface area contributed by atoms with E-state index in [-0.39, 0.29) is 24.5 Å². The molecule has 25 heavy (non-hydrogen) atoms. The molecule has 132 valence electrons. The quantitative estimate of drug-likeness (QED) is 0.778. The predicted octanol–water partition coefficient (Wildman–Crippen LogP) is 2.32. The van der Waals surface area contributed by atoms with Crippen LogP contribution in [0.3, 0.4) is 0 Å². The second kappa shape index (κ2) is 8.68. The molecule has 0 aliphatic rings. The lowest BCUT2D eigenvalue weighted by atomic mass is 10.1. The highest BCUT2D eigenvalue weighted by Crippen LogP contribution is 2.20. The maximum absolute atomic E-state index is 13.4. The van der Waals surface area contributed by atoms with Crippen LogP contribution in [0.1, 0.15) is 15.9 Å². The number of ether oxygens (including phenoxy) is 3. The number of nitrogens with one attached hydrogen (secondary N) is 1. The highest BCUT2D eigenvalue weighted by molar-refractivity contribution is 5.92. The zero-order valence-electron chi connectivity index (χ0n) is 13.9. The number of methoxy groups -OCH3 is 2. The molecular formula is C18H18FNO5. The van der Waals surface area contributed by atoms with Gasteiger partial charge in [0.2, 0.25) is 0 Å². The number of amides is 1. The van der Waals surface area contributed by atoms with Gasteiger partial charge in [-0.1, -0.05) is 18.2 Å². The molecule has 6 nitrogen and oxygen atoms in total. The van der Waals surface area contributed by atoms with Crippen molar-refractivity contribution in [2.24, 2.45) is 0 Å². The Bertz CT molecular complexity index is 763. The predicted molar refractivity (Wildman–Crippen MR) is 88.1 cm³/mol. The summed E-state index contributed by atoms with van der Waals surface area (Å²) >= 11 is 0. The second-order valence-electron chi connectivity index (χ2n) is 5.02. The monoisotopic (exact) mass is 347 g/mol. The Morgan fingerprint density at radius 2 is 1.84 bits per heavy atom. The Morgan fingerprint density at radius 3 is 2.52 bits per heavy atom. The van der Waals surface area contributed by atoms with Gasteiger partial charge in [0.15, 0.2) is 18.2 Å². The zero-order chi connectivity index (χ0) is 18.2. The van der Waals surface area contributed by atoms with Crippen LogP contribution in [0.5, 0.6) is 11.5 Å². The van der Waals surface area contributed by atoms with Crippen molar-refractivity contribution in [3.8, 4) is 11.5 Å². The van der Waals surface area contributed by atoms with Gasteiger partial charge in [-0.2, -0.15) is 0 Å². The SMILES string of the molecule is COC(=O)c1cc(CNC(=O)COc2ccccc2F)ccc1OC. The Morgan fingerprint density at radius 1 is 1.08 bits per heavy atom. The van der Waals surface area contributed by atoms with Crippen LogP contribution in [0, 0.1) is 5.82 Å². The number of hydrogen-bond acceptors (Lipinski definition) is 5. The molecule has 0 spiro atoms. The third kappa shape index (κ3) is 4.94. The number of para-hydroxylation sites is 1. The van der Waals surface area contributed by atoms with Gasteiger partial charge in [-0.3, -0.25) is 4.79 Å². The summed E-state index contributed by atoms with van der Waals surface area (Å²) in [7, 11) is 2.72. The van der Waals surface area contributed by atoms with E-state index in [2.05, 4.69) is 5.32 Å². The molecule has 0 atom stereocenters. The second-order valence-corrected chi connectivity index (χ2v) is 5.02. The molecule has 0 fully saturated rings. The van der Waals surface area contributed by atoms with E-state index in [1.165, 1.54) is 32.4 Å². The third-order valence-corrected chi connectivity index (χ3v) is 3.35. The lowest BCUT2D eigenvalue weighted by Crippen LogP contribution is -2.28. The van der Waals surface area contributed by atoms with Crippen LogP contribution in [0.15, 0.2) is 42.5 Å². The average molecular weight is 347 g/mol. The summed E-state index contributed by atoms with van der Waals surface area (Å²) in [6.45, 7) is -0.144. The van der Waals surface area contributed by atoms with E-state index >= 15 is 0 Å². The van der Waals surface area contributed by atoms with Crippen molar-refractivity contribution in [1.82, 2.24) is 5.32 Å². The van der Waals surface area contributed by atoms with Crippen molar-refractivity contribution in [1.29, 1.82) is 0 Å². The smallest absolute Gasteiger partial charge is 0.341 e. The molecule has 0 bridgehead atoms. The van der Waals surface area contributed by atoms with Gasteiger partial charge in [0.1, 0.15) is 11.3 Å². The van der Waals surface area contributed by atoms with E-state index in [4.69, 9.17) is 14.2 Å². The molecule has 2 rings (SSSR count). The van der Waals surface area contributed by atoms with Crippen LogP contribution in [-0.4, -0.2) is 32.7 Å². The Labute approximate surface area is 144 Å². The highest BCUT2D eigenvalue weighted by atomic mass is 19.1. The van der Waals surface area contributed by atoms with E-state index in [1.807, 2.05) is 0 Å². The van der Waals surface area contributed by atoms with Gasteiger partial charge in [-0.25, -0.2) is 9.18 Å². The first kappa shape index (κ1) is 18.3. The first-order valence-electron chi connectivity index (χ1n) is 7.44. The van der Waals surface area contributed by atoms with Gasteiger partial charge in [-0.15, -0.1) is 0 Å². The van der Waals surface area contributed by atoms with E-state index in [0.29, 0.717) is 11.3 Å². The number of benzene rings is 2. The van der Waals surface area contributed by atoms with Crippen molar-refractivity contribution in [2.45, 2.75) is 6.54 Å². The molecule has 1 N–H and O–H groups in total. The van der Waals surface area contributed by atoms with Gasteiger partial charge in [-0.05, 0) is 29.8 Å². The summed E-state index contributed by atoms with van der Waals surface area (Å²) < 4.78 is 28.3. The molecule has 0 heterocycles. The minimum absolute atomic E-state index is 0.00933. The minimum Gasteiger partial charge on any atom is -0.496 e. The summed E-state index contributed by atoms with van der Waals surface area (Å²) in [5, 5.41) is 2.63. The number of hydrogen-bond donors (Lipinski definition) is 1. The van der Waals surface area contributed by atoms with Gasteiger partial charge in [0, 0.05) is 6.54 Å². The summed E-state index contributed by atoms with van der Waals surface area (Å²) in [4.78, 5) is 23.6. The molecule has 0 unspecified atom stereocenters. The Balaban J connectivity index is 1.93. The van der Waals surface area contributed by atoms with Crippen LogP contribution in [0.25, 0.3) is 0 Å². The molecule has 1 amide bonds. The molecule has 7 heteroatoms. The maximum atomic E-state index is 13.4. The lowest BCUT2D eigenvalue weighted by molar-refractivity contribution is -0.123. The Hall–Kier alpha value is -3.09. The summed E-state index contributed by atoms with van der Waals surface area (Å²) in [6.07, 6.45) is 0. The number of carbonyl (C=O) groups is 2. The van der Waals surface area contributed by atoms with Gasteiger partial charge in [0.25, 0.3) is 5.91 Å². The van der Waals surface area contributed by atoms with Crippen molar-refractivity contribution >= 4 is 11.9 Å². The first-order chi connectivity index (χ1) is 12.0. The molecule has 0 saturated carbocycles. The number of carbonyl (C=O) groups excluding carboxylic acids is 2. The standard InChI is InChI=1S/C18H18FNO5/c1-23-15-8-7-12(9-13(15)18(22)24-2)10-20-17(21)11-25-16-6-4-3-5-14(16)19/h3-9H,10-11H2,1-2H3,(H,20,21). The molecule has 2 aromatic rings. The summed E-state index contributed by atoms with van der Waals surface area (Å²) in [5.74, 6) is -1.10. The molecule has 2 aromatic carbocycles. The molecule has 0 aliphatic carbocycles. The number of halogens is 1. The Kier molecular flexibility index (Phi) is 6.33. The summed E-state index contributed by atoms with van der Waals surface area (Å²) in [5.41, 5.74) is 0.944. The fourth-order valence-corrected chi connectivity index (χ4v) is 2.09. The molecule has 0 aromatic heterocycles. The van der Waals surface area contributed by atoms with E-state index in [0.717, 1.165) is 0 Å². The fourth-order valence-electron chi connectivity index (χ4n) is 2.09. The van der Waals surface area contributed by atoms with Gasteiger partial charge >= 0.3 is 5.97 Å². The van der Waals surface area contributed by atoms with E-state index < -0.39 is 17.7 Å². The van der Waals surface area contributed by atoms with Crippen LogP contribution in [0.2, 0.25) is 0 Å². The van der Waals surface area contributed by atoms with Crippen molar-refractivity contribution in [3.63, 3.8) is 0 Å². The van der Waals surface area contributed by atoms with Crippen LogP contribution in [0.4, 0.5) is 4.39 Å². The largest absolute Gasteiger partial charge is 0.496 e. The van der Waals surface area contributed by atoms with Crippen molar-refractivity contribution in [3.05, 3.63) is 59.4 Å². The van der Waals surface area contributed by atoms with Gasteiger partial charge in [0.05, 0.1) is 14.2 Å². The minimum atomic E-state index is -0.534. The van der Waals surface area contributed by atoms with Crippen molar-refractivity contribution < 1.29 is 28.2 Å². The maximum Gasteiger partial charge on any atom is 0.341 e. The number of rotatable bonds is 7. The highest BCUT2D eigenvalue weighted by Gasteiger charge is 2.14. The number of esters is 1. The average Bonchev–Trinajstić information content (AvgIpc) is 2.64. The zero-order valence-corrected chi connectivity index (χ0v) is 13.9. The molecule has 0 radical (unpaired) electrons. The van der Waals surface area contributed by atoms with Crippen LogP contribution >= 0.6 is 0 Å². The molecule has 0 aliphatic heterocycles. The van der Waals surface area contributed by atoms with Gasteiger partial charge < -0.3 is 19.5 Å². The normalized spacial score (nSPS) is 10.0. The fraction of sp³-hybridized carbons (Fsp3) is 0.222. The van der Waals surface area contributed by atoms with Crippen LogP contribution < -0.4 is 14.8 Å². The topological polar surface area (TPSA) is 73.9 Å². The molecule has 0 saturated heterocycles. The third-order valence-electron chi connectivity index (χ3n) is 3.35. The molecular weight excluding hydrogens is 329 g/mol. The lowest BCUT2D eigenvalue weighted by Gasteiger charge is -2.11. The summed E-state index contributed by atoms with van der Waals surface area (Å²) in [6, 6.07) is 10.7. The van der Waals surface area contributed by atoms with Crippen LogP contribution in [-0.2, 0) is 16.1 Å². The first-order valence-corrected chi connectivity index (χ1v) is 7.44.